The molecular formula is C23H22F6N3O2P. The Balaban J connectivity index is 0.000000439. The third-order valence-electron chi connectivity index (χ3n) is 5.72. The van der Waals surface area contributed by atoms with Gasteiger partial charge in [0.25, 0.3) is 11.8 Å². The van der Waals surface area contributed by atoms with Gasteiger partial charge >= 0.3 is 29.1 Å². The van der Waals surface area contributed by atoms with Crippen LogP contribution in [-0.4, -0.2) is 44.1 Å². The first kappa shape index (κ1) is 26.4. The van der Waals surface area contributed by atoms with Crippen molar-refractivity contribution >= 4 is 42.1 Å². The molecule has 5 nitrogen and oxygen atoms in total. The Hall–Kier alpha value is -3.17. The number of hydrogen-bond donors (Lipinski definition) is 0. The van der Waals surface area contributed by atoms with Crippen molar-refractivity contribution in [2.75, 3.05) is 37.6 Å². The zero-order valence-electron chi connectivity index (χ0n) is 19.0. The number of benzene rings is 3. The number of para-hydroxylation sites is 1. The molecule has 0 aromatic heterocycles. The third kappa shape index (κ3) is 5.41. The summed E-state index contributed by atoms with van der Waals surface area (Å²) in [5.41, 5.74) is 4.08. The van der Waals surface area contributed by atoms with Crippen molar-refractivity contribution in [3.05, 3.63) is 71.3 Å². The molecule has 2 amide bonds. The number of anilines is 2. The Bertz CT molecular complexity index is 1310. The van der Waals surface area contributed by atoms with Crippen LogP contribution in [0.15, 0.2) is 54.6 Å². The van der Waals surface area contributed by atoms with Gasteiger partial charge in [-0.1, -0.05) is 30.3 Å². The molecule has 2 aliphatic heterocycles. The van der Waals surface area contributed by atoms with Crippen LogP contribution in [0.4, 0.5) is 32.4 Å². The number of carbonyl (C=O) groups is 2. The molecular weight excluding hydrogens is 495 g/mol. The molecule has 0 saturated carbocycles. The third-order valence-corrected chi connectivity index (χ3v) is 5.72. The van der Waals surface area contributed by atoms with Crippen LogP contribution in [0.5, 0.6) is 0 Å². The van der Waals surface area contributed by atoms with Crippen LogP contribution < -0.4 is 14.5 Å². The van der Waals surface area contributed by atoms with Gasteiger partial charge in [0.15, 0.2) is 6.67 Å². The molecule has 2 aliphatic rings. The van der Waals surface area contributed by atoms with E-state index in [1.807, 2.05) is 42.5 Å². The molecule has 5 rings (SSSR count). The Morgan fingerprint density at radius 2 is 1.43 bits per heavy atom. The van der Waals surface area contributed by atoms with Crippen molar-refractivity contribution in [1.29, 1.82) is 0 Å². The number of nitrogens with zero attached hydrogens (tertiary/aromatic N) is 3. The standard InChI is InChI=1S/C23H22N3O2.F5P.FH/c1-24-14-26(2,3)13-19-16-10-7-11-17-21(16)18(12-20(19)24)23(28)25(22(17)27)15-8-5-4-6-9-15;1-6(2,3,4)5;/h4-12H,13-14H2,1-3H3;;1H/q+1;;/p-1. The van der Waals surface area contributed by atoms with E-state index in [4.69, 9.17) is 0 Å². The average Bonchev–Trinajstić information content (AvgIpc) is 2.70. The van der Waals surface area contributed by atoms with Crippen LogP contribution in [0.25, 0.3) is 10.8 Å². The van der Waals surface area contributed by atoms with Gasteiger partial charge in [-0.2, -0.15) is 0 Å². The van der Waals surface area contributed by atoms with Crippen LogP contribution in [-0.2, 0) is 6.54 Å². The fraction of sp³-hybridized carbons (Fsp3) is 0.217. The minimum atomic E-state index is -8.55. The first-order chi connectivity index (χ1) is 15.6. The van der Waals surface area contributed by atoms with Crippen molar-refractivity contribution in [2.45, 2.75) is 6.54 Å². The van der Waals surface area contributed by atoms with E-state index >= 15 is 0 Å². The summed E-state index contributed by atoms with van der Waals surface area (Å²) in [7, 11) is -2.09. The van der Waals surface area contributed by atoms with Crippen LogP contribution in [0.3, 0.4) is 0 Å². The maximum atomic E-state index is 13.4. The van der Waals surface area contributed by atoms with Crippen LogP contribution in [0.1, 0.15) is 26.3 Å². The van der Waals surface area contributed by atoms with E-state index < -0.39 is 8.16 Å². The number of quaternary nitrogens is 1. The molecule has 0 fully saturated rings. The molecule has 188 valence electrons. The molecule has 0 spiro atoms. The number of fused-ring (bicyclic) bond motifs is 2. The van der Waals surface area contributed by atoms with Gasteiger partial charge in [0.05, 0.1) is 31.0 Å². The predicted octanol–water partition coefficient (Wildman–Crippen LogP) is 3.59. The second kappa shape index (κ2) is 8.49. The van der Waals surface area contributed by atoms with Gasteiger partial charge < -0.3 is 14.1 Å². The van der Waals surface area contributed by atoms with E-state index in [9.17, 15) is 30.6 Å². The number of halogens is 6. The molecule has 0 saturated heterocycles. The van der Waals surface area contributed by atoms with Gasteiger partial charge in [0.1, 0.15) is 6.54 Å². The van der Waals surface area contributed by atoms with Gasteiger partial charge in [0.2, 0.25) is 0 Å². The zero-order chi connectivity index (χ0) is 25.1. The van der Waals surface area contributed by atoms with Gasteiger partial charge in [-0.15, -0.1) is 0 Å². The maximum absolute atomic E-state index is 13.4. The minimum absolute atomic E-state index is 0. The molecule has 0 radical (unpaired) electrons. The number of rotatable bonds is 1. The van der Waals surface area contributed by atoms with Gasteiger partial charge in [-0.05, 0) is 29.7 Å². The fourth-order valence-corrected chi connectivity index (χ4v) is 4.65. The summed E-state index contributed by atoms with van der Waals surface area (Å²) >= 11 is 0. The van der Waals surface area contributed by atoms with E-state index in [1.54, 1.807) is 12.1 Å². The SMILES string of the molecule is CN1C[N+](C)(C)Cc2c1cc1c3c(cccc23)C(=O)N(c2ccccc2)C1=O.FP(F)(F)(F)F.[F-]. The molecule has 12 heteroatoms. The molecule has 0 aliphatic carbocycles. The largest absolute Gasteiger partial charge is 1.00 e. The Labute approximate surface area is 197 Å². The second-order valence-electron chi connectivity index (χ2n) is 9.00. The number of carbonyl (C=O) groups excluding carboxylic acids is 2. The van der Waals surface area contributed by atoms with E-state index in [0.29, 0.717) is 16.8 Å². The topological polar surface area (TPSA) is 40.6 Å². The van der Waals surface area contributed by atoms with Crippen molar-refractivity contribution in [3.8, 4) is 0 Å². The van der Waals surface area contributed by atoms with Crippen molar-refractivity contribution < 1.29 is 39.8 Å². The Morgan fingerprint density at radius 1 is 0.857 bits per heavy atom. The van der Waals surface area contributed by atoms with Crippen molar-refractivity contribution in [2.24, 2.45) is 0 Å². The molecule has 35 heavy (non-hydrogen) atoms. The van der Waals surface area contributed by atoms with Crippen molar-refractivity contribution in [1.82, 2.24) is 0 Å². The van der Waals surface area contributed by atoms with Gasteiger partial charge in [-0.3, -0.25) is 9.59 Å². The summed E-state index contributed by atoms with van der Waals surface area (Å²) in [6.07, 6.45) is 0. The number of imide groups is 1. The molecule has 3 aromatic rings. The van der Waals surface area contributed by atoms with E-state index in [1.165, 1.54) is 10.5 Å². The predicted molar refractivity (Wildman–Crippen MR) is 123 cm³/mol. The van der Waals surface area contributed by atoms with E-state index in [0.717, 1.165) is 34.2 Å². The van der Waals surface area contributed by atoms with Gasteiger partial charge in [0, 0.05) is 23.6 Å². The normalized spacial score (nSPS) is 17.5. The molecule has 0 unspecified atom stereocenters. The second-order valence-corrected chi connectivity index (χ2v) is 10.3. The molecule has 0 atom stereocenters. The number of amides is 2. The summed E-state index contributed by atoms with van der Waals surface area (Å²) < 4.78 is 50.0. The first-order valence-electron chi connectivity index (χ1n) is 10.3. The molecule has 3 aromatic carbocycles. The van der Waals surface area contributed by atoms with Crippen LogP contribution in [0.2, 0.25) is 0 Å². The molecule has 2 heterocycles. The number of hydrogen-bond acceptors (Lipinski definition) is 3. The summed E-state index contributed by atoms with van der Waals surface area (Å²) in [6.45, 7) is 1.73. The smallest absolute Gasteiger partial charge is 1.00 e. The van der Waals surface area contributed by atoms with Crippen molar-refractivity contribution in [3.63, 3.8) is 0 Å². The Morgan fingerprint density at radius 3 is 2.03 bits per heavy atom. The van der Waals surface area contributed by atoms with Crippen LogP contribution in [0, 0.1) is 0 Å². The maximum Gasteiger partial charge on any atom is -1.00 e. The Kier molecular flexibility index (Phi) is 6.42. The van der Waals surface area contributed by atoms with E-state index in [-0.39, 0.29) is 16.5 Å². The van der Waals surface area contributed by atoms with E-state index in [2.05, 4.69) is 26.0 Å². The van der Waals surface area contributed by atoms with Crippen LogP contribution >= 0.6 is 8.16 Å². The molecule has 0 bridgehead atoms. The monoisotopic (exact) mass is 517 g/mol. The summed E-state index contributed by atoms with van der Waals surface area (Å²) in [4.78, 5) is 30.2. The summed E-state index contributed by atoms with van der Waals surface area (Å²) in [6, 6.07) is 16.9. The minimum Gasteiger partial charge on any atom is -1.00 e. The molecule has 0 N–H and O–H groups in total. The van der Waals surface area contributed by atoms with Gasteiger partial charge in [-0.25, -0.2) is 4.90 Å². The zero-order valence-corrected chi connectivity index (χ0v) is 19.9. The first-order valence-corrected chi connectivity index (χ1v) is 12.0. The summed E-state index contributed by atoms with van der Waals surface area (Å²) in [5, 5.41) is 1.80. The fourth-order valence-electron chi connectivity index (χ4n) is 4.65. The summed E-state index contributed by atoms with van der Waals surface area (Å²) in [5.74, 6) is -0.511. The average molecular weight is 517 g/mol. The quantitative estimate of drug-likeness (QED) is 0.215.